The molecule has 28 heavy (non-hydrogen) atoms. The van der Waals surface area contributed by atoms with Crippen LogP contribution in [0, 0.1) is 12.7 Å². The van der Waals surface area contributed by atoms with E-state index in [4.69, 9.17) is 4.52 Å². The summed E-state index contributed by atoms with van der Waals surface area (Å²) in [6.45, 7) is 1.64. The van der Waals surface area contributed by atoms with E-state index in [-0.39, 0.29) is 29.0 Å². The number of nitrogens with one attached hydrogen (secondary N) is 1. The summed E-state index contributed by atoms with van der Waals surface area (Å²) >= 11 is 0. The number of amides is 1. The molecule has 1 fully saturated rings. The Hall–Kier alpha value is -3.22. The number of rotatable bonds is 5. The molecule has 2 aromatic heterocycles. The molecular formula is C21H20FN3O3. The molecule has 1 saturated carbocycles. The topological polar surface area (TPSA) is 77.1 Å². The molecule has 1 aliphatic carbocycles. The van der Waals surface area contributed by atoms with Gasteiger partial charge in [0.05, 0.1) is 5.56 Å². The minimum atomic E-state index is -0.425. The number of benzene rings is 1. The van der Waals surface area contributed by atoms with Crippen LogP contribution in [0.15, 0.2) is 41.1 Å². The zero-order valence-electron chi connectivity index (χ0n) is 15.7. The largest absolute Gasteiger partial charge is 0.360 e. The molecule has 0 aliphatic heterocycles. The lowest BCUT2D eigenvalue weighted by molar-refractivity contribution is 0.0908. The number of carbonyl (C=O) groups excluding carboxylic acids is 2. The molecule has 0 radical (unpaired) electrons. The maximum Gasteiger partial charge on any atom is 0.268 e. The van der Waals surface area contributed by atoms with Crippen LogP contribution in [0.1, 0.15) is 51.4 Å². The van der Waals surface area contributed by atoms with Crippen LogP contribution in [0.4, 0.5) is 4.39 Å². The fraction of sp³-hybridized carbons (Fsp3) is 0.286. The Morgan fingerprint density at radius 1 is 1.29 bits per heavy atom. The molecule has 1 amide bonds. The summed E-state index contributed by atoms with van der Waals surface area (Å²) in [5.74, 6) is -0.602. The van der Waals surface area contributed by atoms with Crippen LogP contribution >= 0.6 is 0 Å². The summed E-state index contributed by atoms with van der Waals surface area (Å²) in [6.07, 6.45) is 4.70. The quantitative estimate of drug-likeness (QED) is 0.685. The first-order valence-electron chi connectivity index (χ1n) is 9.18. The van der Waals surface area contributed by atoms with Crippen molar-refractivity contribution in [3.63, 3.8) is 0 Å². The van der Waals surface area contributed by atoms with Gasteiger partial charge in [-0.15, -0.1) is 0 Å². The first kappa shape index (κ1) is 18.2. The van der Waals surface area contributed by atoms with Crippen molar-refractivity contribution < 1.29 is 18.5 Å². The van der Waals surface area contributed by atoms with E-state index in [0.29, 0.717) is 22.6 Å². The van der Waals surface area contributed by atoms with Crippen molar-refractivity contribution in [2.45, 2.75) is 32.2 Å². The molecular weight excluding hydrogens is 361 g/mol. The third-order valence-corrected chi connectivity index (χ3v) is 5.13. The monoisotopic (exact) mass is 381 g/mol. The zero-order valence-corrected chi connectivity index (χ0v) is 15.7. The van der Waals surface area contributed by atoms with Crippen LogP contribution in [0.25, 0.3) is 11.3 Å². The van der Waals surface area contributed by atoms with Gasteiger partial charge in [-0.1, -0.05) is 17.3 Å². The van der Waals surface area contributed by atoms with E-state index < -0.39 is 5.82 Å². The van der Waals surface area contributed by atoms with Crippen LogP contribution < -0.4 is 5.32 Å². The minimum Gasteiger partial charge on any atom is -0.360 e. The van der Waals surface area contributed by atoms with Crippen molar-refractivity contribution in [2.75, 3.05) is 0 Å². The molecule has 7 heteroatoms. The van der Waals surface area contributed by atoms with Crippen LogP contribution in [-0.2, 0) is 7.05 Å². The Morgan fingerprint density at radius 3 is 2.75 bits per heavy atom. The van der Waals surface area contributed by atoms with Gasteiger partial charge in [-0.05, 0) is 44.4 Å². The van der Waals surface area contributed by atoms with E-state index in [1.807, 2.05) is 0 Å². The number of carbonyl (C=O) groups is 2. The number of aryl methyl sites for hydroxylation is 2. The molecule has 0 unspecified atom stereocenters. The summed E-state index contributed by atoms with van der Waals surface area (Å²) in [7, 11) is 1.72. The Kier molecular flexibility index (Phi) is 4.58. The first-order chi connectivity index (χ1) is 13.4. The molecule has 3 aromatic rings. The Labute approximate surface area is 161 Å². The van der Waals surface area contributed by atoms with Gasteiger partial charge in [0.15, 0.2) is 5.78 Å². The second kappa shape index (κ2) is 7.07. The number of halogens is 1. The fourth-order valence-electron chi connectivity index (χ4n) is 3.34. The van der Waals surface area contributed by atoms with Gasteiger partial charge in [0.2, 0.25) is 0 Å². The minimum absolute atomic E-state index is 0.196. The predicted molar refractivity (Wildman–Crippen MR) is 101 cm³/mol. The van der Waals surface area contributed by atoms with E-state index in [1.54, 1.807) is 42.9 Å². The van der Waals surface area contributed by atoms with Gasteiger partial charge in [0, 0.05) is 30.4 Å². The third-order valence-electron chi connectivity index (χ3n) is 5.13. The normalized spacial score (nSPS) is 14.0. The molecule has 6 nitrogen and oxygen atoms in total. The molecule has 4 rings (SSSR count). The van der Waals surface area contributed by atoms with E-state index >= 15 is 0 Å². The molecule has 1 aliphatic rings. The van der Waals surface area contributed by atoms with Crippen molar-refractivity contribution in [3.8, 4) is 11.3 Å². The highest BCUT2D eigenvalue weighted by Crippen LogP contribution is 2.28. The second-order valence-corrected chi connectivity index (χ2v) is 7.13. The summed E-state index contributed by atoms with van der Waals surface area (Å²) < 4.78 is 20.5. The van der Waals surface area contributed by atoms with E-state index in [1.165, 1.54) is 12.1 Å². The van der Waals surface area contributed by atoms with Crippen molar-refractivity contribution in [1.29, 1.82) is 0 Å². The SMILES string of the molecule is Cc1onc(-c2cccc(F)c2)c1C(=O)c1cc(C(=O)NC2CCC2)n(C)c1. The van der Waals surface area contributed by atoms with E-state index in [2.05, 4.69) is 10.5 Å². The molecule has 2 heterocycles. The van der Waals surface area contributed by atoms with Gasteiger partial charge in [0.25, 0.3) is 5.91 Å². The van der Waals surface area contributed by atoms with Gasteiger partial charge in [0.1, 0.15) is 23.0 Å². The van der Waals surface area contributed by atoms with E-state index in [0.717, 1.165) is 19.3 Å². The van der Waals surface area contributed by atoms with Gasteiger partial charge < -0.3 is 14.4 Å². The number of hydrogen-bond donors (Lipinski definition) is 1. The van der Waals surface area contributed by atoms with Gasteiger partial charge >= 0.3 is 0 Å². The predicted octanol–water partition coefficient (Wildman–Crippen LogP) is 3.64. The summed E-state index contributed by atoms with van der Waals surface area (Å²) in [6, 6.07) is 7.62. The van der Waals surface area contributed by atoms with E-state index in [9.17, 15) is 14.0 Å². The van der Waals surface area contributed by atoms with Crippen molar-refractivity contribution in [1.82, 2.24) is 15.0 Å². The number of aromatic nitrogens is 2. The van der Waals surface area contributed by atoms with Gasteiger partial charge in [-0.3, -0.25) is 9.59 Å². The summed E-state index contributed by atoms with van der Waals surface area (Å²) in [5.41, 5.74) is 1.77. The highest BCUT2D eigenvalue weighted by atomic mass is 19.1. The lowest BCUT2D eigenvalue weighted by Gasteiger charge is -2.26. The highest BCUT2D eigenvalue weighted by molar-refractivity contribution is 6.13. The van der Waals surface area contributed by atoms with Crippen LogP contribution in [-0.4, -0.2) is 27.5 Å². The van der Waals surface area contributed by atoms with Crippen molar-refractivity contribution >= 4 is 11.7 Å². The standard InChI is InChI=1S/C21H20FN3O3/c1-12-18(19(24-28-12)13-5-3-6-15(22)9-13)20(26)14-10-17(25(2)11-14)21(27)23-16-7-4-8-16/h3,5-6,9-11,16H,4,7-8H2,1-2H3,(H,23,27). The average Bonchev–Trinajstić information content (AvgIpc) is 3.20. The van der Waals surface area contributed by atoms with Gasteiger partial charge in [-0.25, -0.2) is 4.39 Å². The van der Waals surface area contributed by atoms with Gasteiger partial charge in [-0.2, -0.15) is 0 Å². The fourth-order valence-corrected chi connectivity index (χ4v) is 3.34. The zero-order chi connectivity index (χ0) is 19.8. The van der Waals surface area contributed by atoms with Crippen LogP contribution in [0.3, 0.4) is 0 Å². The molecule has 0 bridgehead atoms. The lowest BCUT2D eigenvalue weighted by Crippen LogP contribution is -2.40. The first-order valence-corrected chi connectivity index (χ1v) is 9.18. The smallest absolute Gasteiger partial charge is 0.268 e. The number of hydrogen-bond acceptors (Lipinski definition) is 4. The highest BCUT2D eigenvalue weighted by Gasteiger charge is 2.26. The number of nitrogens with zero attached hydrogens (tertiary/aromatic N) is 2. The summed E-state index contributed by atoms with van der Waals surface area (Å²) in [5, 5.41) is 6.92. The number of ketones is 1. The van der Waals surface area contributed by atoms with Crippen LogP contribution in [0.5, 0.6) is 0 Å². The summed E-state index contributed by atoms with van der Waals surface area (Å²) in [4.78, 5) is 25.6. The Bertz CT molecular complexity index is 1060. The molecule has 1 aromatic carbocycles. The second-order valence-electron chi connectivity index (χ2n) is 7.13. The lowest BCUT2D eigenvalue weighted by atomic mass is 9.93. The molecule has 0 saturated heterocycles. The van der Waals surface area contributed by atoms with Crippen molar-refractivity contribution in [3.05, 3.63) is 64.9 Å². The Balaban J connectivity index is 1.66. The molecule has 1 N–H and O–H groups in total. The molecule has 0 spiro atoms. The Morgan fingerprint density at radius 2 is 2.07 bits per heavy atom. The molecule has 0 atom stereocenters. The third kappa shape index (κ3) is 3.24. The maximum atomic E-state index is 13.6. The maximum absolute atomic E-state index is 13.6. The molecule has 144 valence electrons. The average molecular weight is 381 g/mol. The van der Waals surface area contributed by atoms with Crippen LogP contribution in [0.2, 0.25) is 0 Å². The van der Waals surface area contributed by atoms with Crippen molar-refractivity contribution in [2.24, 2.45) is 7.05 Å².